The molecular formula is C12H18N4O2S. The highest BCUT2D eigenvalue weighted by Gasteiger charge is 2.16. The average molecular weight is 282 g/mol. The molecule has 0 bridgehead atoms. The van der Waals surface area contributed by atoms with Crippen molar-refractivity contribution < 1.29 is 4.92 Å². The first kappa shape index (κ1) is 13.9. The maximum atomic E-state index is 10.9. The Morgan fingerprint density at radius 3 is 2.79 bits per heavy atom. The molecule has 7 heteroatoms. The number of nitrogens with one attached hydrogen (secondary N) is 2. The zero-order valence-corrected chi connectivity index (χ0v) is 11.7. The van der Waals surface area contributed by atoms with Crippen LogP contribution in [0.1, 0.15) is 13.3 Å². The summed E-state index contributed by atoms with van der Waals surface area (Å²) in [5.41, 5.74) is 0.0641. The van der Waals surface area contributed by atoms with Gasteiger partial charge in [-0.2, -0.15) is 11.8 Å². The van der Waals surface area contributed by atoms with E-state index in [2.05, 4.69) is 15.6 Å². The fourth-order valence-electron chi connectivity index (χ4n) is 1.98. The van der Waals surface area contributed by atoms with Crippen molar-refractivity contribution in [3.63, 3.8) is 0 Å². The lowest BCUT2D eigenvalue weighted by molar-refractivity contribution is -0.384. The highest BCUT2D eigenvalue weighted by Crippen LogP contribution is 2.25. The van der Waals surface area contributed by atoms with Crippen molar-refractivity contribution >= 4 is 29.1 Å². The smallest absolute Gasteiger partial charge is 0.276 e. The summed E-state index contributed by atoms with van der Waals surface area (Å²) < 4.78 is 0. The first-order valence-corrected chi connectivity index (χ1v) is 7.56. The SMILES string of the molecule is CCNc1cc([N+](=O)[O-])cc(NCC2CCSC2)n1. The zero-order chi connectivity index (χ0) is 13.7. The van der Waals surface area contributed by atoms with Crippen LogP contribution in [-0.2, 0) is 0 Å². The summed E-state index contributed by atoms with van der Waals surface area (Å²) in [6.07, 6.45) is 1.20. The van der Waals surface area contributed by atoms with Gasteiger partial charge in [0.05, 0.1) is 17.1 Å². The van der Waals surface area contributed by atoms with Crippen LogP contribution < -0.4 is 10.6 Å². The van der Waals surface area contributed by atoms with Crippen molar-refractivity contribution in [1.29, 1.82) is 0 Å². The van der Waals surface area contributed by atoms with Crippen molar-refractivity contribution in [2.45, 2.75) is 13.3 Å². The first-order valence-electron chi connectivity index (χ1n) is 6.41. The topological polar surface area (TPSA) is 80.1 Å². The minimum Gasteiger partial charge on any atom is -0.370 e. The lowest BCUT2D eigenvalue weighted by Crippen LogP contribution is -2.15. The Morgan fingerprint density at radius 2 is 2.21 bits per heavy atom. The zero-order valence-electron chi connectivity index (χ0n) is 10.9. The predicted molar refractivity (Wildman–Crippen MR) is 79.0 cm³/mol. The molecule has 1 aromatic heterocycles. The van der Waals surface area contributed by atoms with Crippen molar-refractivity contribution in [1.82, 2.24) is 4.98 Å². The third kappa shape index (κ3) is 3.99. The van der Waals surface area contributed by atoms with Gasteiger partial charge in [-0.1, -0.05) is 0 Å². The second kappa shape index (κ2) is 6.60. The molecule has 1 aromatic rings. The van der Waals surface area contributed by atoms with E-state index >= 15 is 0 Å². The highest BCUT2D eigenvalue weighted by molar-refractivity contribution is 7.99. The van der Waals surface area contributed by atoms with Crippen LogP contribution in [0.5, 0.6) is 0 Å². The Labute approximate surface area is 116 Å². The lowest BCUT2D eigenvalue weighted by Gasteiger charge is -2.11. The molecule has 1 unspecified atom stereocenters. The van der Waals surface area contributed by atoms with E-state index < -0.39 is 0 Å². The van der Waals surface area contributed by atoms with E-state index in [1.807, 2.05) is 18.7 Å². The van der Waals surface area contributed by atoms with E-state index in [0.717, 1.165) is 12.3 Å². The molecule has 2 heterocycles. The van der Waals surface area contributed by atoms with Gasteiger partial charge in [0.25, 0.3) is 5.69 Å². The summed E-state index contributed by atoms with van der Waals surface area (Å²) in [4.78, 5) is 14.8. The van der Waals surface area contributed by atoms with Crippen LogP contribution in [-0.4, -0.2) is 34.5 Å². The Morgan fingerprint density at radius 1 is 1.47 bits per heavy atom. The maximum Gasteiger partial charge on any atom is 0.276 e. The summed E-state index contributed by atoms with van der Waals surface area (Å²) in [6.45, 7) is 3.45. The predicted octanol–water partition coefficient (Wildman–Crippen LogP) is 2.59. The van der Waals surface area contributed by atoms with Crippen LogP contribution in [0.2, 0.25) is 0 Å². The van der Waals surface area contributed by atoms with Crippen molar-refractivity contribution in [3.05, 3.63) is 22.2 Å². The van der Waals surface area contributed by atoms with Crippen LogP contribution >= 0.6 is 11.8 Å². The van der Waals surface area contributed by atoms with Gasteiger partial charge in [-0.05, 0) is 30.8 Å². The maximum absolute atomic E-state index is 10.9. The Kier molecular flexibility index (Phi) is 4.84. The molecule has 1 atom stereocenters. The highest BCUT2D eigenvalue weighted by atomic mass is 32.2. The molecular weight excluding hydrogens is 264 g/mol. The summed E-state index contributed by atoms with van der Waals surface area (Å²) in [5.74, 6) is 4.11. The van der Waals surface area contributed by atoms with Gasteiger partial charge in [-0.25, -0.2) is 4.98 Å². The van der Waals surface area contributed by atoms with Gasteiger partial charge in [0.15, 0.2) is 0 Å². The van der Waals surface area contributed by atoms with Crippen LogP contribution in [0.25, 0.3) is 0 Å². The Bertz CT molecular complexity index is 449. The van der Waals surface area contributed by atoms with Crippen LogP contribution in [0.3, 0.4) is 0 Å². The van der Waals surface area contributed by atoms with E-state index in [0.29, 0.717) is 24.1 Å². The molecule has 104 valence electrons. The van der Waals surface area contributed by atoms with Crippen LogP contribution in [0.4, 0.5) is 17.3 Å². The molecule has 0 aromatic carbocycles. The van der Waals surface area contributed by atoms with Gasteiger partial charge in [-0.3, -0.25) is 10.1 Å². The first-order chi connectivity index (χ1) is 9.19. The second-order valence-electron chi connectivity index (χ2n) is 4.49. The number of anilines is 2. The van der Waals surface area contributed by atoms with Crippen molar-refractivity contribution in [3.8, 4) is 0 Å². The number of nitro groups is 1. The van der Waals surface area contributed by atoms with Crippen LogP contribution in [0.15, 0.2) is 12.1 Å². The number of nitrogens with zero attached hydrogens (tertiary/aromatic N) is 2. The quantitative estimate of drug-likeness (QED) is 0.616. The number of hydrogen-bond donors (Lipinski definition) is 2. The fourth-order valence-corrected chi connectivity index (χ4v) is 3.26. The molecule has 19 heavy (non-hydrogen) atoms. The monoisotopic (exact) mass is 282 g/mol. The minimum atomic E-state index is -0.390. The number of rotatable bonds is 6. The van der Waals surface area contributed by atoms with E-state index in [-0.39, 0.29) is 10.6 Å². The molecule has 1 aliphatic heterocycles. The summed E-state index contributed by atoms with van der Waals surface area (Å²) in [6, 6.07) is 2.95. The van der Waals surface area contributed by atoms with Crippen molar-refractivity contribution in [2.24, 2.45) is 5.92 Å². The summed E-state index contributed by atoms with van der Waals surface area (Å²) in [5, 5.41) is 17.1. The molecule has 2 N–H and O–H groups in total. The Hall–Kier alpha value is -1.50. The van der Waals surface area contributed by atoms with E-state index in [9.17, 15) is 10.1 Å². The molecule has 0 radical (unpaired) electrons. The summed E-state index contributed by atoms with van der Waals surface area (Å²) >= 11 is 1.96. The molecule has 0 amide bonds. The van der Waals surface area contributed by atoms with Gasteiger partial charge < -0.3 is 10.6 Å². The van der Waals surface area contributed by atoms with Gasteiger partial charge in [0, 0.05) is 13.1 Å². The number of aromatic nitrogens is 1. The van der Waals surface area contributed by atoms with E-state index in [1.54, 1.807) is 0 Å². The van der Waals surface area contributed by atoms with Crippen LogP contribution in [0, 0.1) is 16.0 Å². The van der Waals surface area contributed by atoms with Crippen molar-refractivity contribution in [2.75, 3.05) is 35.2 Å². The molecule has 6 nitrogen and oxygen atoms in total. The number of pyridine rings is 1. The fraction of sp³-hybridized carbons (Fsp3) is 0.583. The molecule has 0 spiro atoms. The Balaban J connectivity index is 2.06. The summed E-state index contributed by atoms with van der Waals surface area (Å²) in [7, 11) is 0. The minimum absolute atomic E-state index is 0.0641. The molecule has 0 saturated carbocycles. The van der Waals surface area contributed by atoms with Gasteiger partial charge >= 0.3 is 0 Å². The largest absolute Gasteiger partial charge is 0.370 e. The number of hydrogen-bond acceptors (Lipinski definition) is 6. The average Bonchev–Trinajstić information content (AvgIpc) is 2.89. The molecule has 0 aliphatic carbocycles. The van der Waals surface area contributed by atoms with Gasteiger partial charge in [0.2, 0.25) is 0 Å². The molecule has 2 rings (SSSR count). The molecule has 1 aliphatic rings. The third-order valence-corrected chi connectivity index (χ3v) is 4.21. The van der Waals surface area contributed by atoms with E-state index in [1.165, 1.54) is 24.3 Å². The molecule has 1 saturated heterocycles. The normalized spacial score (nSPS) is 18.3. The lowest BCUT2D eigenvalue weighted by atomic mass is 10.1. The third-order valence-electron chi connectivity index (χ3n) is 2.97. The second-order valence-corrected chi connectivity index (χ2v) is 5.64. The van der Waals surface area contributed by atoms with Gasteiger partial charge in [-0.15, -0.1) is 0 Å². The van der Waals surface area contributed by atoms with E-state index in [4.69, 9.17) is 0 Å². The number of thioether (sulfide) groups is 1. The standard InChI is InChI=1S/C12H18N4O2S/c1-2-13-11-5-10(16(17)18)6-12(15-11)14-7-9-3-4-19-8-9/h5-6,9H,2-4,7-8H2,1H3,(H2,13,14,15). The molecule has 1 fully saturated rings. The van der Waals surface area contributed by atoms with Gasteiger partial charge in [0.1, 0.15) is 11.6 Å².